The predicted octanol–water partition coefficient (Wildman–Crippen LogP) is 3.57. The Morgan fingerprint density at radius 2 is 2.31 bits per heavy atom. The summed E-state index contributed by atoms with van der Waals surface area (Å²) < 4.78 is 3.43. The standard InChI is InChI=1S/C13H13BrN2/c14-11-4-1-3-10(7-11)12-5-2-6-16-9-15-8-13(12)16/h1,3-4,7-9,12H,2,5-6H2. The van der Waals surface area contributed by atoms with Gasteiger partial charge in [0.05, 0.1) is 6.33 Å². The summed E-state index contributed by atoms with van der Waals surface area (Å²) >= 11 is 3.54. The van der Waals surface area contributed by atoms with Gasteiger partial charge in [0.2, 0.25) is 0 Å². The van der Waals surface area contributed by atoms with Gasteiger partial charge in [-0.05, 0) is 30.5 Å². The molecular weight excluding hydrogens is 264 g/mol. The molecule has 1 unspecified atom stereocenters. The van der Waals surface area contributed by atoms with E-state index >= 15 is 0 Å². The first kappa shape index (κ1) is 10.1. The molecule has 1 aromatic heterocycles. The summed E-state index contributed by atoms with van der Waals surface area (Å²) in [6, 6.07) is 8.60. The van der Waals surface area contributed by atoms with Gasteiger partial charge in [-0.15, -0.1) is 0 Å². The van der Waals surface area contributed by atoms with Gasteiger partial charge in [0.15, 0.2) is 0 Å². The number of imidazole rings is 1. The molecule has 3 rings (SSSR count). The van der Waals surface area contributed by atoms with Crippen LogP contribution in [-0.2, 0) is 6.54 Å². The minimum absolute atomic E-state index is 0.508. The van der Waals surface area contributed by atoms with E-state index in [-0.39, 0.29) is 0 Å². The van der Waals surface area contributed by atoms with Gasteiger partial charge >= 0.3 is 0 Å². The number of nitrogens with zero attached hydrogens (tertiary/aromatic N) is 2. The molecule has 1 atom stereocenters. The second kappa shape index (κ2) is 4.06. The summed E-state index contributed by atoms with van der Waals surface area (Å²) in [7, 11) is 0. The predicted molar refractivity (Wildman–Crippen MR) is 67.4 cm³/mol. The molecule has 2 aromatic rings. The molecule has 1 aliphatic rings. The maximum atomic E-state index is 4.25. The van der Waals surface area contributed by atoms with Crippen LogP contribution in [0.2, 0.25) is 0 Å². The van der Waals surface area contributed by atoms with Crippen molar-refractivity contribution in [2.45, 2.75) is 25.3 Å². The number of rotatable bonds is 1. The van der Waals surface area contributed by atoms with Crippen molar-refractivity contribution in [3.05, 3.63) is 52.5 Å². The fourth-order valence-electron chi connectivity index (χ4n) is 2.48. The fourth-order valence-corrected chi connectivity index (χ4v) is 2.90. The third kappa shape index (κ3) is 1.69. The van der Waals surface area contributed by atoms with E-state index in [1.807, 2.05) is 12.5 Å². The minimum Gasteiger partial charge on any atom is -0.334 e. The Balaban J connectivity index is 2.04. The Bertz CT molecular complexity index is 504. The molecule has 0 bridgehead atoms. The zero-order valence-corrected chi connectivity index (χ0v) is 10.5. The lowest BCUT2D eigenvalue weighted by molar-refractivity contribution is 0.491. The maximum Gasteiger partial charge on any atom is 0.0948 e. The molecule has 16 heavy (non-hydrogen) atoms. The monoisotopic (exact) mass is 276 g/mol. The molecule has 0 saturated carbocycles. The third-order valence-electron chi connectivity index (χ3n) is 3.24. The smallest absolute Gasteiger partial charge is 0.0948 e. The van der Waals surface area contributed by atoms with Crippen molar-refractivity contribution in [1.82, 2.24) is 9.55 Å². The zero-order chi connectivity index (χ0) is 11.0. The van der Waals surface area contributed by atoms with Crippen molar-refractivity contribution in [1.29, 1.82) is 0 Å². The number of aromatic nitrogens is 2. The number of benzene rings is 1. The van der Waals surface area contributed by atoms with E-state index in [9.17, 15) is 0 Å². The van der Waals surface area contributed by atoms with Crippen molar-refractivity contribution >= 4 is 15.9 Å². The van der Waals surface area contributed by atoms with Crippen molar-refractivity contribution in [2.24, 2.45) is 0 Å². The molecule has 3 heteroatoms. The van der Waals surface area contributed by atoms with Crippen LogP contribution in [0.25, 0.3) is 0 Å². The van der Waals surface area contributed by atoms with Gasteiger partial charge in [-0.25, -0.2) is 4.98 Å². The van der Waals surface area contributed by atoms with E-state index in [4.69, 9.17) is 0 Å². The number of hydrogen-bond acceptors (Lipinski definition) is 1. The Labute approximate surface area is 103 Å². The van der Waals surface area contributed by atoms with E-state index in [2.05, 4.69) is 49.7 Å². The second-order valence-corrected chi connectivity index (χ2v) is 5.18. The first-order valence-electron chi connectivity index (χ1n) is 5.60. The average molecular weight is 277 g/mol. The topological polar surface area (TPSA) is 17.8 Å². The summed E-state index contributed by atoms with van der Waals surface area (Å²) in [5.74, 6) is 0.508. The van der Waals surface area contributed by atoms with Gasteiger partial charge < -0.3 is 4.57 Å². The highest BCUT2D eigenvalue weighted by molar-refractivity contribution is 9.10. The second-order valence-electron chi connectivity index (χ2n) is 4.26. The highest BCUT2D eigenvalue weighted by Gasteiger charge is 2.21. The molecule has 0 aliphatic carbocycles. The molecule has 82 valence electrons. The molecule has 1 aromatic carbocycles. The highest BCUT2D eigenvalue weighted by atomic mass is 79.9. The van der Waals surface area contributed by atoms with E-state index < -0.39 is 0 Å². The molecule has 2 heterocycles. The van der Waals surface area contributed by atoms with Gasteiger partial charge in [-0.1, -0.05) is 28.1 Å². The lowest BCUT2D eigenvalue weighted by Crippen LogP contribution is -2.15. The van der Waals surface area contributed by atoms with E-state index in [1.54, 1.807) is 0 Å². The third-order valence-corrected chi connectivity index (χ3v) is 3.74. The SMILES string of the molecule is Brc1cccc(C2CCCn3cncc32)c1. The maximum absolute atomic E-state index is 4.25. The lowest BCUT2D eigenvalue weighted by Gasteiger charge is -2.24. The molecule has 2 nitrogen and oxygen atoms in total. The Morgan fingerprint density at radius 3 is 3.19 bits per heavy atom. The van der Waals surface area contributed by atoms with Crippen molar-refractivity contribution in [3.63, 3.8) is 0 Å². The van der Waals surface area contributed by atoms with Gasteiger partial charge in [0.1, 0.15) is 0 Å². The Hall–Kier alpha value is -1.09. The summed E-state index contributed by atoms with van der Waals surface area (Å²) in [5.41, 5.74) is 2.74. The summed E-state index contributed by atoms with van der Waals surface area (Å²) in [6.07, 6.45) is 6.41. The van der Waals surface area contributed by atoms with Crippen LogP contribution in [0.4, 0.5) is 0 Å². The van der Waals surface area contributed by atoms with E-state index in [0.29, 0.717) is 5.92 Å². The normalized spacial score (nSPS) is 19.4. The lowest BCUT2D eigenvalue weighted by atomic mass is 9.89. The number of fused-ring (bicyclic) bond motifs is 1. The summed E-state index contributed by atoms with van der Waals surface area (Å²) in [5, 5.41) is 0. The highest BCUT2D eigenvalue weighted by Crippen LogP contribution is 2.33. The van der Waals surface area contributed by atoms with Crippen LogP contribution in [0.1, 0.15) is 30.0 Å². The molecule has 0 fully saturated rings. The van der Waals surface area contributed by atoms with Gasteiger partial charge in [0, 0.05) is 28.8 Å². The Morgan fingerprint density at radius 1 is 1.38 bits per heavy atom. The largest absolute Gasteiger partial charge is 0.334 e. The van der Waals surface area contributed by atoms with Gasteiger partial charge in [0.25, 0.3) is 0 Å². The van der Waals surface area contributed by atoms with Crippen molar-refractivity contribution in [3.8, 4) is 0 Å². The van der Waals surface area contributed by atoms with Crippen LogP contribution in [0.3, 0.4) is 0 Å². The molecule has 0 N–H and O–H groups in total. The van der Waals surface area contributed by atoms with Crippen LogP contribution >= 0.6 is 15.9 Å². The molecule has 0 radical (unpaired) electrons. The number of halogens is 1. The molecule has 1 aliphatic heterocycles. The zero-order valence-electron chi connectivity index (χ0n) is 8.94. The van der Waals surface area contributed by atoms with Gasteiger partial charge in [-0.2, -0.15) is 0 Å². The van der Waals surface area contributed by atoms with Crippen LogP contribution in [-0.4, -0.2) is 9.55 Å². The molecule has 0 amide bonds. The van der Waals surface area contributed by atoms with Crippen LogP contribution in [0.15, 0.2) is 41.3 Å². The first-order chi connectivity index (χ1) is 7.84. The molecule has 0 spiro atoms. The molecular formula is C13H13BrN2. The average Bonchev–Trinajstić information content (AvgIpc) is 2.76. The Kier molecular flexibility index (Phi) is 2.56. The summed E-state index contributed by atoms with van der Waals surface area (Å²) in [6.45, 7) is 1.11. The minimum atomic E-state index is 0.508. The van der Waals surface area contributed by atoms with Crippen LogP contribution in [0, 0.1) is 0 Å². The number of hydrogen-bond donors (Lipinski definition) is 0. The van der Waals surface area contributed by atoms with Crippen LogP contribution < -0.4 is 0 Å². The van der Waals surface area contributed by atoms with Crippen LogP contribution in [0.5, 0.6) is 0 Å². The summed E-state index contributed by atoms with van der Waals surface area (Å²) in [4.78, 5) is 4.25. The van der Waals surface area contributed by atoms with E-state index in [0.717, 1.165) is 11.0 Å². The number of aryl methyl sites for hydroxylation is 1. The quantitative estimate of drug-likeness (QED) is 0.779. The van der Waals surface area contributed by atoms with Gasteiger partial charge in [-0.3, -0.25) is 0 Å². The van der Waals surface area contributed by atoms with Crippen molar-refractivity contribution in [2.75, 3.05) is 0 Å². The first-order valence-corrected chi connectivity index (χ1v) is 6.39. The van der Waals surface area contributed by atoms with Crippen molar-refractivity contribution < 1.29 is 0 Å². The van der Waals surface area contributed by atoms with E-state index in [1.165, 1.54) is 24.1 Å². The molecule has 0 saturated heterocycles. The fraction of sp³-hybridized carbons (Fsp3) is 0.308.